The van der Waals surface area contributed by atoms with Gasteiger partial charge in [0.25, 0.3) is 0 Å². The molecule has 1 aromatic carbocycles. The van der Waals surface area contributed by atoms with Gasteiger partial charge in [-0.3, -0.25) is 0 Å². The molecule has 0 spiro atoms. The van der Waals surface area contributed by atoms with Crippen molar-refractivity contribution in [1.29, 1.82) is 0 Å². The van der Waals surface area contributed by atoms with E-state index in [-0.39, 0.29) is 5.56 Å². The second-order valence-electron chi connectivity index (χ2n) is 6.46. The number of ether oxygens (including phenoxy) is 1. The number of carboxylic acid groups (broad SMARTS) is 1. The smallest absolute Gasteiger partial charge is 0.339 e. The minimum atomic E-state index is -0.918. The number of fused-ring (bicyclic) bond motifs is 1. The number of hydrogen-bond acceptors (Lipinski definition) is 3. The maximum atomic E-state index is 11.4. The molecular weight excluding hydrogens is 266 g/mol. The monoisotopic (exact) mass is 289 g/mol. The Morgan fingerprint density at radius 2 is 2.14 bits per heavy atom. The zero-order valence-corrected chi connectivity index (χ0v) is 12.7. The number of para-hydroxylation sites is 1. The second-order valence-corrected chi connectivity index (χ2v) is 6.46. The van der Waals surface area contributed by atoms with Gasteiger partial charge in [0, 0.05) is 6.04 Å². The Hall–Kier alpha value is -1.71. The van der Waals surface area contributed by atoms with E-state index in [9.17, 15) is 9.90 Å². The summed E-state index contributed by atoms with van der Waals surface area (Å²) < 4.78 is 5.68. The average Bonchev–Trinajstić information content (AvgIpc) is 2.48. The predicted molar refractivity (Wildman–Crippen MR) is 82.2 cm³/mol. The highest BCUT2D eigenvalue weighted by molar-refractivity contribution is 5.93. The maximum absolute atomic E-state index is 11.4. The molecular formula is C17H23NO3. The first-order chi connectivity index (χ1) is 10.1. The normalized spacial score (nSPS) is 28.7. The van der Waals surface area contributed by atoms with E-state index in [2.05, 4.69) is 18.7 Å². The molecule has 0 bridgehead atoms. The minimum Gasteiger partial charge on any atom is -0.489 e. The van der Waals surface area contributed by atoms with Gasteiger partial charge in [0.1, 0.15) is 12.2 Å². The molecule has 0 saturated heterocycles. The van der Waals surface area contributed by atoms with Gasteiger partial charge >= 0.3 is 5.97 Å². The number of benzene rings is 1. The standard InChI is InChI=1S/C17H23NO3/c1-11-6-7-12(2)15(10-11)18-8-9-21-16-13(17(19)20)4-3-5-14(16)18/h3-5,11-12,15H,6-10H2,1-2H3,(H,19,20). The summed E-state index contributed by atoms with van der Waals surface area (Å²) >= 11 is 0. The van der Waals surface area contributed by atoms with Crippen molar-refractivity contribution < 1.29 is 14.6 Å². The van der Waals surface area contributed by atoms with Crippen LogP contribution < -0.4 is 9.64 Å². The molecule has 4 heteroatoms. The fourth-order valence-corrected chi connectivity index (χ4v) is 3.72. The number of carboxylic acids is 1. The highest BCUT2D eigenvalue weighted by Crippen LogP contribution is 2.41. The molecule has 1 aliphatic carbocycles. The molecule has 1 fully saturated rings. The first-order valence-corrected chi connectivity index (χ1v) is 7.83. The average molecular weight is 289 g/mol. The number of nitrogens with zero attached hydrogens (tertiary/aromatic N) is 1. The van der Waals surface area contributed by atoms with Gasteiger partial charge in [-0.05, 0) is 36.8 Å². The van der Waals surface area contributed by atoms with Gasteiger partial charge in [-0.2, -0.15) is 0 Å². The maximum Gasteiger partial charge on any atom is 0.339 e. The lowest BCUT2D eigenvalue weighted by molar-refractivity contribution is 0.0691. The van der Waals surface area contributed by atoms with Gasteiger partial charge in [0.05, 0.1) is 12.2 Å². The summed E-state index contributed by atoms with van der Waals surface area (Å²) in [5.41, 5.74) is 1.22. The molecule has 1 aromatic rings. The lowest BCUT2D eigenvalue weighted by Crippen LogP contribution is -2.47. The molecule has 4 nitrogen and oxygen atoms in total. The van der Waals surface area contributed by atoms with Crippen molar-refractivity contribution in [2.45, 2.75) is 39.2 Å². The van der Waals surface area contributed by atoms with Crippen molar-refractivity contribution in [3.05, 3.63) is 23.8 Å². The van der Waals surface area contributed by atoms with Gasteiger partial charge in [0.2, 0.25) is 0 Å². The van der Waals surface area contributed by atoms with Crippen molar-refractivity contribution in [1.82, 2.24) is 0 Å². The van der Waals surface area contributed by atoms with Crippen molar-refractivity contribution in [2.75, 3.05) is 18.1 Å². The van der Waals surface area contributed by atoms with Crippen LogP contribution in [0.15, 0.2) is 18.2 Å². The molecule has 1 aliphatic heterocycles. The van der Waals surface area contributed by atoms with Crippen LogP contribution in [0.3, 0.4) is 0 Å². The lowest BCUT2D eigenvalue weighted by Gasteiger charge is -2.44. The molecule has 0 amide bonds. The van der Waals surface area contributed by atoms with E-state index in [0.717, 1.165) is 18.2 Å². The lowest BCUT2D eigenvalue weighted by atomic mass is 9.79. The molecule has 1 heterocycles. The first kappa shape index (κ1) is 14.2. The topological polar surface area (TPSA) is 49.8 Å². The Morgan fingerprint density at radius 1 is 1.33 bits per heavy atom. The van der Waals surface area contributed by atoms with E-state index in [1.54, 1.807) is 6.07 Å². The highest BCUT2D eigenvalue weighted by Gasteiger charge is 2.34. The Kier molecular flexibility index (Phi) is 3.79. The molecule has 21 heavy (non-hydrogen) atoms. The Labute approximate surface area is 125 Å². The minimum absolute atomic E-state index is 0.272. The summed E-state index contributed by atoms with van der Waals surface area (Å²) in [6.07, 6.45) is 3.72. The number of rotatable bonds is 2. The van der Waals surface area contributed by atoms with Crippen molar-refractivity contribution in [3.63, 3.8) is 0 Å². The molecule has 0 aromatic heterocycles. The molecule has 3 rings (SSSR count). The molecule has 2 aliphatic rings. The van der Waals surface area contributed by atoms with Crippen LogP contribution in [0.1, 0.15) is 43.5 Å². The van der Waals surface area contributed by atoms with Crippen LogP contribution >= 0.6 is 0 Å². The molecule has 3 unspecified atom stereocenters. The van der Waals surface area contributed by atoms with Gasteiger partial charge in [-0.1, -0.05) is 26.3 Å². The van der Waals surface area contributed by atoms with E-state index in [1.165, 1.54) is 19.3 Å². The Bertz CT molecular complexity index is 543. The quantitative estimate of drug-likeness (QED) is 0.906. The number of carbonyl (C=O) groups is 1. The first-order valence-electron chi connectivity index (χ1n) is 7.83. The van der Waals surface area contributed by atoms with Crippen LogP contribution in [0.5, 0.6) is 5.75 Å². The van der Waals surface area contributed by atoms with Gasteiger partial charge in [0.15, 0.2) is 5.75 Å². The second kappa shape index (κ2) is 5.58. The van der Waals surface area contributed by atoms with Crippen LogP contribution in [-0.2, 0) is 0 Å². The van der Waals surface area contributed by atoms with Gasteiger partial charge in [-0.25, -0.2) is 4.79 Å². The summed E-state index contributed by atoms with van der Waals surface area (Å²) in [5.74, 6) is 1.00. The van der Waals surface area contributed by atoms with Crippen molar-refractivity contribution in [2.24, 2.45) is 11.8 Å². The predicted octanol–water partition coefficient (Wildman–Crippen LogP) is 3.41. The largest absolute Gasteiger partial charge is 0.489 e. The Balaban J connectivity index is 1.97. The van der Waals surface area contributed by atoms with Crippen LogP contribution in [0.2, 0.25) is 0 Å². The molecule has 114 valence electrons. The van der Waals surface area contributed by atoms with E-state index >= 15 is 0 Å². The molecule has 3 atom stereocenters. The SMILES string of the molecule is CC1CCC(C)C(N2CCOc3c(C(=O)O)cccc32)C1. The third kappa shape index (κ3) is 2.59. The zero-order chi connectivity index (χ0) is 15.0. The van der Waals surface area contributed by atoms with E-state index in [1.807, 2.05) is 12.1 Å². The van der Waals surface area contributed by atoms with E-state index in [0.29, 0.717) is 24.3 Å². The highest BCUT2D eigenvalue weighted by atomic mass is 16.5. The van der Waals surface area contributed by atoms with Crippen LogP contribution in [0.25, 0.3) is 0 Å². The number of hydrogen-bond donors (Lipinski definition) is 1. The molecule has 1 saturated carbocycles. The summed E-state index contributed by atoms with van der Waals surface area (Å²) in [5, 5.41) is 9.33. The van der Waals surface area contributed by atoms with Gasteiger partial charge < -0.3 is 14.7 Å². The number of aromatic carboxylic acids is 1. The summed E-state index contributed by atoms with van der Waals surface area (Å²) in [4.78, 5) is 13.8. The van der Waals surface area contributed by atoms with E-state index in [4.69, 9.17) is 4.74 Å². The molecule has 1 N–H and O–H groups in total. The van der Waals surface area contributed by atoms with Crippen LogP contribution in [0.4, 0.5) is 5.69 Å². The van der Waals surface area contributed by atoms with Crippen LogP contribution in [0, 0.1) is 11.8 Å². The van der Waals surface area contributed by atoms with Gasteiger partial charge in [-0.15, -0.1) is 0 Å². The zero-order valence-electron chi connectivity index (χ0n) is 12.7. The van der Waals surface area contributed by atoms with Crippen LogP contribution in [-0.4, -0.2) is 30.3 Å². The summed E-state index contributed by atoms with van der Waals surface area (Å²) in [6.45, 7) is 6.04. The fourth-order valence-electron chi connectivity index (χ4n) is 3.72. The molecule has 0 radical (unpaired) electrons. The Morgan fingerprint density at radius 3 is 2.90 bits per heavy atom. The summed E-state index contributed by atoms with van der Waals surface area (Å²) in [6, 6.07) is 5.92. The third-order valence-corrected chi connectivity index (χ3v) is 4.93. The van der Waals surface area contributed by atoms with Crippen molar-refractivity contribution in [3.8, 4) is 5.75 Å². The van der Waals surface area contributed by atoms with E-state index < -0.39 is 5.97 Å². The van der Waals surface area contributed by atoms with Crippen molar-refractivity contribution >= 4 is 11.7 Å². The number of anilines is 1. The fraction of sp³-hybridized carbons (Fsp3) is 0.588. The summed E-state index contributed by atoms with van der Waals surface area (Å²) in [7, 11) is 0. The third-order valence-electron chi connectivity index (χ3n) is 4.93.